The minimum atomic E-state index is -0.298. The zero-order chi connectivity index (χ0) is 15.7. The molecule has 5 nitrogen and oxygen atoms in total. The Labute approximate surface area is 136 Å². The molecule has 0 aliphatic heterocycles. The highest BCUT2D eigenvalue weighted by Gasteiger charge is 2.18. The molecule has 0 saturated heterocycles. The molecular weight excluding hydrogens is 318 g/mol. The van der Waals surface area contributed by atoms with E-state index in [1.807, 2.05) is 32.4 Å². The molecule has 0 aliphatic rings. The largest absolute Gasteiger partial charge is 0.462 e. The second-order valence-electron chi connectivity index (χ2n) is 4.72. The van der Waals surface area contributed by atoms with Gasteiger partial charge in [0.15, 0.2) is 0 Å². The summed E-state index contributed by atoms with van der Waals surface area (Å²) in [5.74, 6) is -0.298. The van der Waals surface area contributed by atoms with Crippen molar-refractivity contribution < 1.29 is 9.53 Å². The molecule has 0 saturated carbocycles. The zero-order valence-electron chi connectivity index (χ0n) is 12.5. The summed E-state index contributed by atoms with van der Waals surface area (Å²) in [5.41, 5.74) is 1.80. The number of hydrogen-bond acceptors (Lipinski definition) is 6. The van der Waals surface area contributed by atoms with E-state index in [2.05, 4.69) is 16.1 Å². The Kier molecular flexibility index (Phi) is 4.08. The molecule has 3 aromatic heterocycles. The number of hydrogen-bond donors (Lipinski definition) is 0. The van der Waals surface area contributed by atoms with Gasteiger partial charge in [-0.3, -0.25) is 4.68 Å². The lowest BCUT2D eigenvalue weighted by molar-refractivity contribution is 0.0531. The van der Waals surface area contributed by atoms with Crippen molar-refractivity contribution in [2.45, 2.75) is 13.8 Å². The van der Waals surface area contributed by atoms with Crippen LogP contribution in [0.2, 0.25) is 0 Å². The van der Waals surface area contributed by atoms with Gasteiger partial charge in [0.1, 0.15) is 9.88 Å². The maximum atomic E-state index is 11.9. The predicted octanol–water partition coefficient (Wildman–Crippen LogP) is 3.76. The van der Waals surface area contributed by atoms with Crippen molar-refractivity contribution in [1.29, 1.82) is 0 Å². The van der Waals surface area contributed by atoms with Crippen molar-refractivity contribution in [2.24, 2.45) is 7.05 Å². The predicted molar refractivity (Wildman–Crippen MR) is 88.3 cm³/mol. The van der Waals surface area contributed by atoms with E-state index < -0.39 is 0 Å². The molecule has 0 unspecified atom stereocenters. The highest BCUT2D eigenvalue weighted by Crippen LogP contribution is 2.37. The second kappa shape index (κ2) is 6.02. The summed E-state index contributed by atoms with van der Waals surface area (Å²) in [6.07, 6.45) is 3.82. The van der Waals surface area contributed by atoms with E-state index in [0.29, 0.717) is 11.5 Å². The zero-order valence-corrected chi connectivity index (χ0v) is 14.1. The lowest BCUT2D eigenvalue weighted by atomic mass is 10.3. The van der Waals surface area contributed by atoms with Gasteiger partial charge >= 0.3 is 5.97 Å². The first-order valence-electron chi connectivity index (χ1n) is 6.82. The molecular formula is C15H15N3O2S2. The van der Waals surface area contributed by atoms with Crippen LogP contribution in [0.3, 0.4) is 0 Å². The Hall–Kier alpha value is -1.99. The van der Waals surface area contributed by atoms with Gasteiger partial charge in [-0.1, -0.05) is 0 Å². The number of ether oxygens (including phenoxy) is 1. The van der Waals surface area contributed by atoms with Crippen LogP contribution >= 0.6 is 22.7 Å². The first-order valence-corrected chi connectivity index (χ1v) is 8.45. The van der Waals surface area contributed by atoms with Crippen molar-refractivity contribution in [2.75, 3.05) is 6.61 Å². The van der Waals surface area contributed by atoms with Crippen LogP contribution in [0, 0.1) is 6.92 Å². The number of thiophene rings is 1. The Bertz CT molecular complexity index is 816. The first kappa shape index (κ1) is 14.9. The fourth-order valence-electron chi connectivity index (χ4n) is 2.04. The number of esters is 1. The summed E-state index contributed by atoms with van der Waals surface area (Å²) in [5, 5.41) is 5.03. The minimum Gasteiger partial charge on any atom is -0.462 e. The van der Waals surface area contributed by atoms with Gasteiger partial charge in [0.05, 0.1) is 23.4 Å². The number of aromatic nitrogens is 3. The normalized spacial score (nSPS) is 10.9. The summed E-state index contributed by atoms with van der Waals surface area (Å²) in [6.45, 7) is 4.01. The molecule has 3 aromatic rings. The van der Waals surface area contributed by atoms with Crippen molar-refractivity contribution in [3.63, 3.8) is 0 Å². The summed E-state index contributed by atoms with van der Waals surface area (Å²) < 4.78 is 6.84. The van der Waals surface area contributed by atoms with Crippen LogP contribution < -0.4 is 0 Å². The van der Waals surface area contributed by atoms with E-state index in [9.17, 15) is 4.79 Å². The molecule has 0 atom stereocenters. The summed E-state index contributed by atoms with van der Waals surface area (Å²) in [7, 11) is 1.90. The molecule has 0 aliphatic carbocycles. The van der Waals surface area contributed by atoms with Gasteiger partial charge in [-0.05, 0) is 26.0 Å². The fourth-order valence-corrected chi connectivity index (χ4v) is 4.04. The van der Waals surface area contributed by atoms with Crippen LogP contribution in [0.25, 0.3) is 20.3 Å². The van der Waals surface area contributed by atoms with Gasteiger partial charge in [0.2, 0.25) is 0 Å². The van der Waals surface area contributed by atoms with Crippen LogP contribution in [0.5, 0.6) is 0 Å². The van der Waals surface area contributed by atoms with Crippen molar-refractivity contribution in [1.82, 2.24) is 14.8 Å². The summed E-state index contributed by atoms with van der Waals surface area (Å²) >= 11 is 3.02. The number of rotatable bonds is 4. The van der Waals surface area contributed by atoms with E-state index in [1.54, 1.807) is 22.9 Å². The van der Waals surface area contributed by atoms with Gasteiger partial charge in [0, 0.05) is 23.7 Å². The molecule has 7 heteroatoms. The number of carbonyl (C=O) groups is 1. The summed E-state index contributed by atoms with van der Waals surface area (Å²) in [6, 6.07) is 4.08. The van der Waals surface area contributed by atoms with Crippen molar-refractivity contribution in [3.8, 4) is 20.3 Å². The lowest BCUT2D eigenvalue weighted by Gasteiger charge is -1.97. The Morgan fingerprint density at radius 2 is 2.09 bits per heavy atom. The van der Waals surface area contributed by atoms with E-state index in [1.165, 1.54) is 11.3 Å². The Balaban J connectivity index is 1.91. The average Bonchev–Trinajstić information content (AvgIpc) is 3.17. The minimum absolute atomic E-state index is 0.298. The van der Waals surface area contributed by atoms with Gasteiger partial charge in [-0.25, -0.2) is 9.78 Å². The topological polar surface area (TPSA) is 57.0 Å². The van der Waals surface area contributed by atoms with E-state index in [-0.39, 0.29) is 5.97 Å². The first-order chi connectivity index (χ1) is 10.6. The number of carbonyl (C=O) groups excluding carboxylic acids is 1. The van der Waals surface area contributed by atoms with Crippen LogP contribution in [0.1, 0.15) is 22.3 Å². The van der Waals surface area contributed by atoms with E-state index in [4.69, 9.17) is 4.74 Å². The van der Waals surface area contributed by atoms with Crippen molar-refractivity contribution in [3.05, 3.63) is 35.1 Å². The third-order valence-corrected chi connectivity index (χ3v) is 5.50. The standard InChI is InChI=1S/C15H15N3O2S2/c1-4-20-15(19)13-9(2)17-14(22-13)12-6-5-11(21-12)10-7-16-18(3)8-10/h5-8H,4H2,1-3H3. The summed E-state index contributed by atoms with van der Waals surface area (Å²) in [4.78, 5) is 19.1. The van der Waals surface area contributed by atoms with Crippen LogP contribution in [0.4, 0.5) is 0 Å². The third kappa shape index (κ3) is 2.82. The average molecular weight is 333 g/mol. The molecule has 3 rings (SSSR count). The molecule has 114 valence electrons. The number of thiazole rings is 1. The molecule has 0 fully saturated rings. The molecule has 0 aromatic carbocycles. The molecule has 0 N–H and O–H groups in total. The smallest absolute Gasteiger partial charge is 0.350 e. The van der Waals surface area contributed by atoms with Gasteiger partial charge < -0.3 is 4.74 Å². The molecule has 3 heterocycles. The van der Waals surface area contributed by atoms with E-state index in [0.717, 1.165) is 26.0 Å². The molecule has 22 heavy (non-hydrogen) atoms. The monoisotopic (exact) mass is 333 g/mol. The van der Waals surface area contributed by atoms with Gasteiger partial charge in [-0.15, -0.1) is 22.7 Å². The Morgan fingerprint density at radius 3 is 2.77 bits per heavy atom. The highest BCUT2D eigenvalue weighted by molar-refractivity contribution is 7.24. The maximum Gasteiger partial charge on any atom is 0.350 e. The fraction of sp³-hybridized carbons (Fsp3) is 0.267. The Morgan fingerprint density at radius 1 is 1.32 bits per heavy atom. The van der Waals surface area contributed by atoms with E-state index >= 15 is 0 Å². The van der Waals surface area contributed by atoms with Gasteiger partial charge in [-0.2, -0.15) is 5.10 Å². The maximum absolute atomic E-state index is 11.9. The number of aryl methyl sites for hydroxylation is 2. The van der Waals surface area contributed by atoms with Crippen LogP contribution in [0.15, 0.2) is 24.5 Å². The molecule has 0 bridgehead atoms. The molecule has 0 radical (unpaired) electrons. The van der Waals surface area contributed by atoms with Crippen LogP contribution in [-0.2, 0) is 11.8 Å². The molecule has 0 spiro atoms. The molecule has 0 amide bonds. The van der Waals surface area contributed by atoms with Crippen molar-refractivity contribution >= 4 is 28.6 Å². The van der Waals surface area contributed by atoms with Gasteiger partial charge in [0.25, 0.3) is 0 Å². The SMILES string of the molecule is CCOC(=O)c1sc(-c2ccc(-c3cnn(C)c3)s2)nc1C. The third-order valence-electron chi connectivity index (χ3n) is 3.06. The van der Waals surface area contributed by atoms with Crippen LogP contribution in [-0.4, -0.2) is 27.3 Å². The second-order valence-corrected chi connectivity index (χ2v) is 6.80. The lowest BCUT2D eigenvalue weighted by Crippen LogP contribution is -2.03. The quantitative estimate of drug-likeness (QED) is 0.682. The highest BCUT2D eigenvalue weighted by atomic mass is 32.1. The number of nitrogens with zero attached hydrogens (tertiary/aromatic N) is 3.